The van der Waals surface area contributed by atoms with E-state index in [-0.39, 0.29) is 22.4 Å². The third-order valence-electron chi connectivity index (χ3n) is 6.61. The minimum Gasteiger partial charge on any atom is -0.507 e. The largest absolute Gasteiger partial charge is 0.507 e. The average Bonchev–Trinajstić information content (AvgIpc) is 2.88. The highest BCUT2D eigenvalue weighted by Gasteiger charge is 2.18. The molecule has 0 atom stereocenters. The molecule has 0 heterocycles. The number of hydrogen-bond acceptors (Lipinski definition) is 3. The van der Waals surface area contributed by atoms with Crippen LogP contribution in [0, 0.1) is 0 Å². The molecule has 1 N–H and O–H groups in total. The van der Waals surface area contributed by atoms with Crippen LogP contribution in [0.2, 0.25) is 0 Å². The van der Waals surface area contributed by atoms with Crippen molar-refractivity contribution in [3.8, 4) is 11.5 Å². The van der Waals surface area contributed by atoms with Crippen LogP contribution in [0.25, 0.3) is 0 Å². The number of phenolic OH excluding ortho intramolecular Hbond substituents is 1. The normalized spacial score (nSPS) is 11.4. The molecule has 3 heteroatoms. The first-order chi connectivity index (χ1) is 17.9. The Morgan fingerprint density at radius 2 is 1.29 bits per heavy atom. The van der Waals surface area contributed by atoms with Gasteiger partial charge in [-0.2, -0.15) is 0 Å². The lowest BCUT2D eigenvalue weighted by Gasteiger charge is -2.24. The molecule has 0 unspecified atom stereocenters. The molecule has 3 nitrogen and oxygen atoms in total. The van der Waals surface area contributed by atoms with Crippen molar-refractivity contribution in [1.29, 1.82) is 0 Å². The van der Waals surface area contributed by atoms with Gasteiger partial charge >= 0.3 is 0 Å². The summed E-state index contributed by atoms with van der Waals surface area (Å²) in [6, 6.07) is 22.8. The zero-order valence-corrected chi connectivity index (χ0v) is 24.6. The van der Waals surface area contributed by atoms with Crippen molar-refractivity contribution in [3.05, 3.63) is 95.1 Å². The number of aromatic hydroxyl groups is 1. The van der Waals surface area contributed by atoms with Crippen LogP contribution in [0.15, 0.2) is 72.8 Å². The van der Waals surface area contributed by atoms with E-state index < -0.39 is 0 Å². The van der Waals surface area contributed by atoms with Gasteiger partial charge in [0, 0.05) is 11.6 Å². The number of phenols is 1. The highest BCUT2D eigenvalue weighted by atomic mass is 16.5. The van der Waals surface area contributed by atoms with Crippen LogP contribution in [-0.4, -0.2) is 17.5 Å². The highest BCUT2D eigenvalue weighted by Crippen LogP contribution is 2.28. The summed E-state index contributed by atoms with van der Waals surface area (Å²) in [4.78, 5) is 12.4. The van der Waals surface area contributed by atoms with E-state index in [2.05, 4.69) is 72.7 Å². The molecule has 206 valence electrons. The van der Waals surface area contributed by atoms with Crippen molar-refractivity contribution in [3.63, 3.8) is 0 Å². The fourth-order valence-electron chi connectivity index (χ4n) is 4.06. The molecule has 0 radical (unpaired) electrons. The number of rotatable bonds is 10. The Balaban J connectivity index is 0.000000308. The molecule has 0 aliphatic rings. The molecule has 0 saturated heterocycles. The smallest absolute Gasteiger partial charge is 0.196 e. The SMILES string of the molecule is CC(C)(C)c1cccc(C(C)(C)C)c1.CCCCCCCCOc1ccc(C(=O)c2ccccc2)c(O)c1. The van der Waals surface area contributed by atoms with Gasteiger partial charge in [0.25, 0.3) is 0 Å². The van der Waals surface area contributed by atoms with Gasteiger partial charge in [-0.3, -0.25) is 4.79 Å². The Morgan fingerprint density at radius 3 is 1.84 bits per heavy atom. The summed E-state index contributed by atoms with van der Waals surface area (Å²) in [5.74, 6) is 0.380. The van der Waals surface area contributed by atoms with Gasteiger partial charge < -0.3 is 9.84 Å². The first-order valence-corrected chi connectivity index (χ1v) is 14.1. The third kappa shape index (κ3) is 10.4. The molecule has 38 heavy (non-hydrogen) atoms. The maximum Gasteiger partial charge on any atom is 0.196 e. The fraction of sp³-hybridized carbons (Fsp3) is 0.457. The Labute approximate surface area is 231 Å². The molecule has 0 aliphatic heterocycles. The number of carbonyl (C=O) groups is 1. The molecule has 0 aliphatic carbocycles. The first-order valence-electron chi connectivity index (χ1n) is 14.1. The molecule has 0 spiro atoms. The summed E-state index contributed by atoms with van der Waals surface area (Å²) in [5, 5.41) is 10.1. The quantitative estimate of drug-likeness (QED) is 0.215. The van der Waals surface area contributed by atoms with Gasteiger partial charge in [0.15, 0.2) is 5.78 Å². The van der Waals surface area contributed by atoms with Gasteiger partial charge in [-0.1, -0.05) is 135 Å². The maximum atomic E-state index is 12.4. The number of ketones is 1. The van der Waals surface area contributed by atoms with E-state index in [0.29, 0.717) is 23.5 Å². The van der Waals surface area contributed by atoms with E-state index in [9.17, 15) is 9.90 Å². The Kier molecular flexibility index (Phi) is 12.1. The summed E-state index contributed by atoms with van der Waals surface area (Å²) in [7, 11) is 0. The van der Waals surface area contributed by atoms with Crippen LogP contribution < -0.4 is 4.74 Å². The zero-order chi connectivity index (χ0) is 28.2. The Hall–Kier alpha value is -3.07. The summed E-state index contributed by atoms with van der Waals surface area (Å²) < 4.78 is 5.66. The molecule has 0 aromatic heterocycles. The maximum absolute atomic E-state index is 12.4. The second kappa shape index (κ2) is 14.8. The van der Waals surface area contributed by atoms with Gasteiger partial charge in [0.2, 0.25) is 0 Å². The number of ether oxygens (including phenoxy) is 1. The van der Waals surface area contributed by atoms with Crippen molar-refractivity contribution in [2.45, 2.75) is 97.8 Å². The van der Waals surface area contributed by atoms with Gasteiger partial charge in [0.05, 0.1) is 12.2 Å². The Bertz CT molecular complexity index is 1090. The molecule has 3 aromatic carbocycles. The predicted molar refractivity (Wildman–Crippen MR) is 161 cm³/mol. The predicted octanol–water partition coefficient (Wildman–Crippen LogP) is 9.64. The van der Waals surface area contributed by atoms with E-state index in [0.717, 1.165) is 12.8 Å². The summed E-state index contributed by atoms with van der Waals surface area (Å²) in [6.45, 7) is 16.4. The van der Waals surface area contributed by atoms with E-state index in [1.165, 1.54) is 42.9 Å². The minimum absolute atomic E-state index is 0.0377. The van der Waals surface area contributed by atoms with Gasteiger partial charge in [-0.25, -0.2) is 0 Å². The number of hydrogen-bond donors (Lipinski definition) is 1. The lowest BCUT2D eigenvalue weighted by atomic mass is 9.81. The van der Waals surface area contributed by atoms with E-state index in [1.54, 1.807) is 24.3 Å². The first kappa shape index (κ1) is 31.1. The standard InChI is InChI=1S/C21H26O3.C14H22/c1-2-3-4-5-6-10-15-24-18-13-14-19(20(22)16-18)21(23)17-11-8-7-9-12-17;1-13(2,3)11-8-7-9-12(10-11)14(4,5)6/h7-9,11-14,16,22H,2-6,10,15H2,1H3;7-10H,1-6H3. The molecule has 3 aromatic rings. The number of benzene rings is 3. The monoisotopic (exact) mass is 516 g/mol. The number of unbranched alkanes of at least 4 members (excludes halogenated alkanes) is 5. The van der Waals surface area contributed by atoms with Crippen LogP contribution >= 0.6 is 0 Å². The molecule has 0 amide bonds. The van der Waals surface area contributed by atoms with Crippen molar-refractivity contribution >= 4 is 5.78 Å². The van der Waals surface area contributed by atoms with E-state index >= 15 is 0 Å². The highest BCUT2D eigenvalue weighted by molar-refractivity contribution is 6.10. The van der Waals surface area contributed by atoms with Gasteiger partial charge in [-0.05, 0) is 40.5 Å². The van der Waals surface area contributed by atoms with Crippen LogP contribution in [-0.2, 0) is 10.8 Å². The van der Waals surface area contributed by atoms with Crippen molar-refractivity contribution in [2.75, 3.05) is 6.61 Å². The molecule has 0 bridgehead atoms. The second-order valence-electron chi connectivity index (χ2n) is 12.1. The topological polar surface area (TPSA) is 46.5 Å². The zero-order valence-electron chi connectivity index (χ0n) is 24.6. The lowest BCUT2D eigenvalue weighted by Crippen LogP contribution is -2.15. The number of carbonyl (C=O) groups excluding carboxylic acids is 1. The van der Waals surface area contributed by atoms with Crippen LogP contribution in [0.5, 0.6) is 11.5 Å². The Morgan fingerprint density at radius 1 is 0.711 bits per heavy atom. The summed E-state index contributed by atoms with van der Waals surface area (Å²) >= 11 is 0. The van der Waals surface area contributed by atoms with Gasteiger partial charge in [-0.15, -0.1) is 0 Å². The molecular weight excluding hydrogens is 468 g/mol. The molecule has 3 rings (SSSR count). The van der Waals surface area contributed by atoms with Crippen LogP contribution in [0.4, 0.5) is 0 Å². The van der Waals surface area contributed by atoms with Crippen molar-refractivity contribution in [1.82, 2.24) is 0 Å². The molecule has 0 saturated carbocycles. The van der Waals surface area contributed by atoms with Gasteiger partial charge in [0.1, 0.15) is 11.5 Å². The third-order valence-corrected chi connectivity index (χ3v) is 6.61. The fourth-order valence-corrected chi connectivity index (χ4v) is 4.06. The summed E-state index contributed by atoms with van der Waals surface area (Å²) in [6.07, 6.45) is 7.25. The van der Waals surface area contributed by atoms with Crippen LogP contribution in [0.1, 0.15) is 114 Å². The van der Waals surface area contributed by atoms with Crippen molar-refractivity contribution < 1.29 is 14.6 Å². The van der Waals surface area contributed by atoms with Crippen LogP contribution in [0.3, 0.4) is 0 Å². The second-order valence-corrected chi connectivity index (χ2v) is 12.1. The van der Waals surface area contributed by atoms with E-state index in [4.69, 9.17) is 4.74 Å². The average molecular weight is 517 g/mol. The summed E-state index contributed by atoms with van der Waals surface area (Å²) in [5.41, 5.74) is 4.21. The minimum atomic E-state index is -0.185. The van der Waals surface area contributed by atoms with E-state index in [1.807, 2.05) is 18.2 Å². The molecular formula is C35H48O3. The van der Waals surface area contributed by atoms with Crippen molar-refractivity contribution in [2.24, 2.45) is 0 Å². The molecule has 0 fully saturated rings. The lowest BCUT2D eigenvalue weighted by molar-refractivity contribution is 0.103.